The van der Waals surface area contributed by atoms with Crippen molar-refractivity contribution in [2.24, 2.45) is 17.2 Å². The molecule has 12 heteroatoms. The van der Waals surface area contributed by atoms with Crippen LogP contribution in [-0.2, 0) is 31.0 Å². The smallest absolute Gasteiger partial charge is 0.248 e. The lowest BCUT2D eigenvalue weighted by molar-refractivity contribution is -0.121. The molecule has 3 aromatic carbocycles. The van der Waals surface area contributed by atoms with Crippen LogP contribution >= 0.6 is 0 Å². The highest BCUT2D eigenvalue weighted by atomic mass is 16.2. The first-order valence-corrected chi connectivity index (χ1v) is 17.6. The molecule has 0 aliphatic heterocycles. The number of hydrogen-bond acceptors (Lipinski definition) is 9. The van der Waals surface area contributed by atoms with Crippen LogP contribution in [0.4, 0.5) is 17.1 Å². The third kappa shape index (κ3) is 8.47. The van der Waals surface area contributed by atoms with Crippen LogP contribution in [0, 0.1) is 0 Å². The van der Waals surface area contributed by atoms with Crippen LogP contribution in [0.1, 0.15) is 60.1 Å². The maximum absolute atomic E-state index is 13.3. The molecule has 0 aliphatic carbocycles. The van der Waals surface area contributed by atoms with Gasteiger partial charge in [0.1, 0.15) is 16.6 Å². The van der Waals surface area contributed by atoms with Crippen LogP contribution in [0.15, 0.2) is 146 Å². The number of nitrogens with one attached hydrogen (secondary N) is 3. The van der Waals surface area contributed by atoms with E-state index in [1.807, 2.05) is 72.8 Å². The lowest BCUT2D eigenvalue weighted by Gasteiger charge is -2.25. The van der Waals surface area contributed by atoms with Crippen molar-refractivity contribution < 1.29 is 14.4 Å². The molecule has 278 valence electrons. The fourth-order valence-corrected chi connectivity index (χ4v) is 6.12. The summed E-state index contributed by atoms with van der Waals surface area (Å²) in [4.78, 5) is 51.8. The third-order valence-corrected chi connectivity index (χ3v) is 9.76. The number of anilines is 3. The van der Waals surface area contributed by atoms with Crippen molar-refractivity contribution in [1.29, 1.82) is 0 Å². The van der Waals surface area contributed by atoms with E-state index in [9.17, 15) is 14.4 Å². The second-order valence-electron chi connectivity index (χ2n) is 14.0. The van der Waals surface area contributed by atoms with E-state index < -0.39 is 16.6 Å². The Balaban J connectivity index is 1.26. The number of nitrogens with zero attached hydrogens (tertiary/aromatic N) is 3. The Morgan fingerprint density at radius 2 is 0.636 bits per heavy atom. The van der Waals surface area contributed by atoms with Gasteiger partial charge in [-0.2, -0.15) is 0 Å². The van der Waals surface area contributed by atoms with E-state index in [0.717, 1.165) is 16.7 Å². The number of carbonyl (C=O) groups excluding carboxylic acids is 3. The van der Waals surface area contributed by atoms with E-state index in [-0.39, 0.29) is 23.6 Å². The summed E-state index contributed by atoms with van der Waals surface area (Å²) in [5, 5.41) is 8.80. The number of benzene rings is 3. The summed E-state index contributed by atoms with van der Waals surface area (Å²) in [6, 6.07) is 32.9. The van der Waals surface area contributed by atoms with Gasteiger partial charge in [-0.3, -0.25) is 29.3 Å². The number of aromatic nitrogens is 3. The molecule has 3 heterocycles. The predicted octanol–water partition coefficient (Wildman–Crippen LogP) is 5.49. The topological polar surface area (TPSA) is 204 Å². The molecule has 0 radical (unpaired) electrons. The lowest BCUT2D eigenvalue weighted by atomic mass is 9.85. The average Bonchev–Trinajstić information content (AvgIpc) is 3.20. The Morgan fingerprint density at radius 1 is 0.418 bits per heavy atom. The highest BCUT2D eigenvalue weighted by Gasteiger charge is 2.33. The molecule has 6 aromatic rings. The summed E-state index contributed by atoms with van der Waals surface area (Å²) < 4.78 is 0. The zero-order valence-electron chi connectivity index (χ0n) is 30.7. The Hall–Kier alpha value is -6.60. The molecule has 0 saturated carbocycles. The molecular weight excluding hydrogens is 691 g/mol. The number of rotatable bonds is 12. The van der Waals surface area contributed by atoms with Gasteiger partial charge in [0, 0.05) is 60.2 Å². The summed E-state index contributed by atoms with van der Waals surface area (Å²) in [7, 11) is 0. The second-order valence-corrected chi connectivity index (χ2v) is 14.0. The molecule has 0 unspecified atom stereocenters. The normalized spacial score (nSPS) is 14.5. The maximum Gasteiger partial charge on any atom is 0.248 e. The molecule has 9 N–H and O–H groups in total. The number of hydrogen-bond donors (Lipinski definition) is 6. The van der Waals surface area contributed by atoms with Gasteiger partial charge < -0.3 is 33.2 Å². The van der Waals surface area contributed by atoms with Crippen molar-refractivity contribution in [3.8, 4) is 0 Å². The minimum atomic E-state index is -1.28. The largest absolute Gasteiger partial charge is 0.324 e. The molecule has 0 fully saturated rings. The second kappa shape index (κ2) is 15.8. The van der Waals surface area contributed by atoms with Crippen molar-refractivity contribution in [2.75, 3.05) is 16.0 Å². The Morgan fingerprint density at radius 3 is 0.855 bits per heavy atom. The Bertz CT molecular complexity index is 1990. The van der Waals surface area contributed by atoms with Crippen molar-refractivity contribution in [3.63, 3.8) is 0 Å². The van der Waals surface area contributed by atoms with Gasteiger partial charge in [0.2, 0.25) is 17.7 Å². The molecule has 0 bridgehead atoms. The molecule has 0 aliphatic rings. The van der Waals surface area contributed by atoms with Gasteiger partial charge >= 0.3 is 0 Å². The molecule has 3 aromatic heterocycles. The number of amides is 3. The van der Waals surface area contributed by atoms with Crippen LogP contribution in [0.2, 0.25) is 0 Å². The van der Waals surface area contributed by atoms with E-state index >= 15 is 0 Å². The summed E-state index contributed by atoms with van der Waals surface area (Å²) in [6.07, 6.45) is 9.58. The van der Waals surface area contributed by atoms with Gasteiger partial charge in [0.15, 0.2) is 0 Å². The average molecular weight is 734 g/mol. The van der Waals surface area contributed by atoms with Crippen LogP contribution < -0.4 is 33.2 Å². The van der Waals surface area contributed by atoms with E-state index in [2.05, 4.69) is 30.9 Å². The van der Waals surface area contributed by atoms with E-state index in [0.29, 0.717) is 33.8 Å². The quantitative estimate of drug-likeness (QED) is 0.0879. The molecule has 12 nitrogen and oxygen atoms in total. The molecule has 3 amide bonds. The zero-order chi connectivity index (χ0) is 39.2. The van der Waals surface area contributed by atoms with Crippen molar-refractivity contribution in [2.45, 2.75) is 43.3 Å². The molecule has 6 rings (SSSR count). The minimum Gasteiger partial charge on any atom is -0.324 e. The first-order valence-electron chi connectivity index (χ1n) is 17.6. The summed E-state index contributed by atoms with van der Waals surface area (Å²) in [5.41, 5.74) is 21.9. The highest BCUT2D eigenvalue weighted by Crippen LogP contribution is 2.35. The van der Waals surface area contributed by atoms with Crippen molar-refractivity contribution in [1.82, 2.24) is 15.0 Å². The van der Waals surface area contributed by atoms with Gasteiger partial charge in [0.05, 0.1) is 0 Å². The number of carbonyl (C=O) groups is 3. The first-order chi connectivity index (χ1) is 26.3. The Kier molecular flexibility index (Phi) is 10.9. The van der Waals surface area contributed by atoms with Crippen molar-refractivity contribution in [3.05, 3.63) is 180 Å². The molecule has 3 atom stereocenters. The predicted molar refractivity (Wildman–Crippen MR) is 213 cm³/mol. The van der Waals surface area contributed by atoms with Crippen molar-refractivity contribution >= 4 is 34.8 Å². The molecule has 0 saturated heterocycles. The SMILES string of the molecule is C[C@](N)(C(=O)Nc1ccc(C(c2ccc(NC(=O)[C@](C)(N)c3ccncc3)cc2)c2ccc(NC(=O)[C@](C)(N)c3ccncc3)cc2)cc1)c1ccncc1. The zero-order valence-corrected chi connectivity index (χ0v) is 30.7. The van der Waals surface area contributed by atoms with Gasteiger partial charge in [-0.05, 0) is 127 Å². The number of pyridine rings is 3. The van der Waals surface area contributed by atoms with E-state index in [1.165, 1.54) is 0 Å². The minimum absolute atomic E-state index is 0.274. The van der Waals surface area contributed by atoms with E-state index in [4.69, 9.17) is 17.2 Å². The van der Waals surface area contributed by atoms with E-state index in [1.54, 1.807) is 94.4 Å². The van der Waals surface area contributed by atoms with Crippen LogP contribution in [-0.4, -0.2) is 32.7 Å². The number of nitrogens with two attached hydrogens (primary N) is 3. The van der Waals surface area contributed by atoms with Crippen LogP contribution in [0.25, 0.3) is 0 Å². The fraction of sp³-hybridized carbons (Fsp3) is 0.163. The monoisotopic (exact) mass is 733 g/mol. The lowest BCUT2D eigenvalue weighted by Crippen LogP contribution is -2.45. The summed E-state index contributed by atoms with van der Waals surface area (Å²) in [5.74, 6) is -1.38. The molecule has 55 heavy (non-hydrogen) atoms. The highest BCUT2D eigenvalue weighted by molar-refractivity contribution is 5.99. The van der Waals surface area contributed by atoms with Gasteiger partial charge in [-0.1, -0.05) is 36.4 Å². The summed E-state index contributed by atoms with van der Waals surface area (Å²) >= 11 is 0. The van der Waals surface area contributed by atoms with Gasteiger partial charge in [-0.25, -0.2) is 0 Å². The summed E-state index contributed by atoms with van der Waals surface area (Å²) in [6.45, 7) is 4.96. The standard InChI is InChI=1S/C43H43N9O3/c1-41(44,31-16-22-47-23-17-31)38(53)50-34-10-4-28(5-11-34)37(29-6-12-35(13-7-29)51-39(54)42(2,45)32-18-24-48-25-19-32)30-8-14-36(15-9-30)52-40(55)43(3,46)33-20-26-49-27-21-33/h4-27,37H,44-46H2,1-3H3,(H,50,53)(H,51,54)(H,52,55)/t41-,42-,43-/m1/s1. The third-order valence-electron chi connectivity index (χ3n) is 9.76. The maximum atomic E-state index is 13.3. The fourth-order valence-electron chi connectivity index (χ4n) is 6.12. The van der Waals surface area contributed by atoms with Gasteiger partial charge in [-0.15, -0.1) is 0 Å². The Labute approximate surface area is 319 Å². The van der Waals surface area contributed by atoms with Crippen LogP contribution in [0.3, 0.4) is 0 Å². The molecular formula is C43H43N9O3. The first kappa shape index (κ1) is 38.1. The molecule has 0 spiro atoms. The van der Waals surface area contributed by atoms with Gasteiger partial charge in [0.25, 0.3) is 0 Å². The van der Waals surface area contributed by atoms with Crippen LogP contribution in [0.5, 0.6) is 0 Å².